The van der Waals surface area contributed by atoms with Gasteiger partial charge < -0.3 is 5.11 Å². The molecule has 1 atom stereocenters. The number of aliphatic hydroxyl groups excluding tert-OH is 1. The van der Waals surface area contributed by atoms with E-state index < -0.39 is 35.0 Å². The minimum absolute atomic E-state index is 0.0259. The lowest BCUT2D eigenvalue weighted by atomic mass is 9.99. The summed E-state index contributed by atoms with van der Waals surface area (Å²) in [6.07, 6.45) is -6.18. The van der Waals surface area contributed by atoms with E-state index in [4.69, 9.17) is 0 Å². The summed E-state index contributed by atoms with van der Waals surface area (Å²) in [5, 5.41) is 9.89. The largest absolute Gasteiger partial charge is 0.416 e. The first-order chi connectivity index (χ1) is 9.30. The summed E-state index contributed by atoms with van der Waals surface area (Å²) in [4.78, 5) is 0. The van der Waals surface area contributed by atoms with Gasteiger partial charge in [-0.25, -0.2) is 8.78 Å². The molecule has 6 heteroatoms. The molecule has 20 heavy (non-hydrogen) atoms. The van der Waals surface area contributed by atoms with Crippen molar-refractivity contribution in [2.45, 2.75) is 12.3 Å². The van der Waals surface area contributed by atoms with Crippen LogP contribution in [0.2, 0.25) is 0 Å². The molecule has 0 fully saturated rings. The Balaban J connectivity index is 2.37. The first-order valence-corrected chi connectivity index (χ1v) is 5.60. The fourth-order valence-electron chi connectivity index (χ4n) is 1.79. The highest BCUT2D eigenvalue weighted by atomic mass is 19.4. The molecule has 2 rings (SSSR count). The number of rotatable bonds is 2. The van der Waals surface area contributed by atoms with Gasteiger partial charge >= 0.3 is 6.18 Å². The summed E-state index contributed by atoms with van der Waals surface area (Å²) < 4.78 is 64.1. The molecule has 1 unspecified atom stereocenters. The van der Waals surface area contributed by atoms with Gasteiger partial charge in [-0.3, -0.25) is 0 Å². The lowest BCUT2D eigenvalue weighted by molar-refractivity contribution is -0.137. The highest BCUT2D eigenvalue weighted by Crippen LogP contribution is 2.32. The van der Waals surface area contributed by atoms with Crippen LogP contribution >= 0.6 is 0 Å². The summed E-state index contributed by atoms with van der Waals surface area (Å²) in [7, 11) is 0. The lowest BCUT2D eigenvalue weighted by Crippen LogP contribution is -2.08. The van der Waals surface area contributed by atoms with E-state index in [0.29, 0.717) is 0 Å². The number of halogens is 5. The summed E-state index contributed by atoms with van der Waals surface area (Å²) in [6.45, 7) is 0. The molecular weight excluding hydrogens is 279 g/mol. The molecule has 0 amide bonds. The van der Waals surface area contributed by atoms with Crippen LogP contribution in [0.1, 0.15) is 22.8 Å². The Bertz CT molecular complexity index is 584. The molecule has 1 nitrogen and oxygen atoms in total. The van der Waals surface area contributed by atoms with Gasteiger partial charge in [-0.05, 0) is 29.8 Å². The van der Waals surface area contributed by atoms with Gasteiger partial charge in [0, 0.05) is 0 Å². The zero-order chi connectivity index (χ0) is 14.9. The van der Waals surface area contributed by atoms with Crippen molar-refractivity contribution in [3.8, 4) is 0 Å². The fraction of sp³-hybridized carbons (Fsp3) is 0.143. The van der Waals surface area contributed by atoms with Crippen LogP contribution in [-0.4, -0.2) is 5.11 Å². The second kappa shape index (κ2) is 5.20. The van der Waals surface area contributed by atoms with Gasteiger partial charge in [-0.1, -0.05) is 18.2 Å². The van der Waals surface area contributed by atoms with Crippen molar-refractivity contribution in [2.24, 2.45) is 0 Å². The maximum absolute atomic E-state index is 13.5. The number of alkyl halides is 3. The fourth-order valence-corrected chi connectivity index (χ4v) is 1.79. The zero-order valence-electron chi connectivity index (χ0n) is 9.96. The molecule has 2 aromatic carbocycles. The van der Waals surface area contributed by atoms with Crippen molar-refractivity contribution in [3.05, 3.63) is 70.8 Å². The Kier molecular flexibility index (Phi) is 3.76. The lowest BCUT2D eigenvalue weighted by Gasteiger charge is -2.14. The Morgan fingerprint density at radius 2 is 1.35 bits per heavy atom. The molecule has 2 aromatic rings. The van der Waals surface area contributed by atoms with E-state index >= 15 is 0 Å². The predicted molar refractivity (Wildman–Crippen MR) is 61.9 cm³/mol. The molecule has 0 bridgehead atoms. The quantitative estimate of drug-likeness (QED) is 0.826. The topological polar surface area (TPSA) is 20.2 Å². The van der Waals surface area contributed by atoms with Gasteiger partial charge in [0.1, 0.15) is 17.7 Å². The van der Waals surface area contributed by atoms with Crippen molar-refractivity contribution in [3.63, 3.8) is 0 Å². The average Bonchev–Trinajstić information content (AvgIpc) is 2.37. The van der Waals surface area contributed by atoms with Gasteiger partial charge in [0.05, 0.1) is 11.1 Å². The third-order valence-corrected chi connectivity index (χ3v) is 2.83. The smallest absolute Gasteiger partial charge is 0.383 e. The predicted octanol–water partition coefficient (Wildman–Crippen LogP) is 4.07. The van der Waals surface area contributed by atoms with Gasteiger partial charge in [0.25, 0.3) is 0 Å². The van der Waals surface area contributed by atoms with Crippen LogP contribution < -0.4 is 0 Å². The van der Waals surface area contributed by atoms with Gasteiger partial charge in [0.2, 0.25) is 0 Å². The third-order valence-electron chi connectivity index (χ3n) is 2.83. The van der Waals surface area contributed by atoms with Gasteiger partial charge in [-0.15, -0.1) is 0 Å². The van der Waals surface area contributed by atoms with Crippen LogP contribution in [0.15, 0.2) is 42.5 Å². The molecule has 106 valence electrons. The van der Waals surface area contributed by atoms with Gasteiger partial charge in [0.15, 0.2) is 0 Å². The third kappa shape index (κ3) is 2.80. The SMILES string of the molecule is OC(c1ccc(C(F)(F)F)cc1)c1c(F)cccc1F. The highest BCUT2D eigenvalue weighted by molar-refractivity contribution is 5.34. The van der Waals surface area contributed by atoms with Crippen LogP contribution in [0.4, 0.5) is 22.0 Å². The van der Waals surface area contributed by atoms with Gasteiger partial charge in [-0.2, -0.15) is 13.2 Å². The maximum atomic E-state index is 13.5. The molecule has 1 N–H and O–H groups in total. The summed E-state index contributed by atoms with van der Waals surface area (Å²) >= 11 is 0. The van der Waals surface area contributed by atoms with Crippen LogP contribution in [0, 0.1) is 11.6 Å². The standard InChI is InChI=1S/C14H9F5O/c15-10-2-1-3-11(16)12(10)13(20)8-4-6-9(7-5-8)14(17,18)19/h1-7,13,20H. The van der Waals surface area contributed by atoms with Crippen molar-refractivity contribution < 1.29 is 27.1 Å². The van der Waals surface area contributed by atoms with E-state index in [9.17, 15) is 27.1 Å². The molecule has 0 heterocycles. The van der Waals surface area contributed by atoms with E-state index in [1.165, 1.54) is 0 Å². The van der Waals surface area contributed by atoms with Crippen LogP contribution in [-0.2, 0) is 6.18 Å². The second-order valence-corrected chi connectivity index (χ2v) is 4.16. The highest BCUT2D eigenvalue weighted by Gasteiger charge is 2.30. The average molecular weight is 288 g/mol. The van der Waals surface area contributed by atoms with E-state index in [1.54, 1.807) is 0 Å². The Morgan fingerprint density at radius 1 is 0.850 bits per heavy atom. The second-order valence-electron chi connectivity index (χ2n) is 4.16. The maximum Gasteiger partial charge on any atom is 0.416 e. The van der Waals surface area contributed by atoms with Crippen molar-refractivity contribution in [2.75, 3.05) is 0 Å². The zero-order valence-corrected chi connectivity index (χ0v) is 9.96. The first-order valence-electron chi connectivity index (χ1n) is 5.60. The Labute approximate surface area is 111 Å². The molecule has 0 aliphatic rings. The number of benzene rings is 2. The Morgan fingerprint density at radius 3 is 1.80 bits per heavy atom. The van der Waals surface area contributed by atoms with E-state index in [2.05, 4.69) is 0 Å². The summed E-state index contributed by atoms with van der Waals surface area (Å²) in [6, 6.07) is 6.53. The van der Waals surface area contributed by atoms with Crippen molar-refractivity contribution in [1.82, 2.24) is 0 Å². The van der Waals surface area contributed by atoms with E-state index in [-0.39, 0.29) is 5.56 Å². The molecule has 0 spiro atoms. The van der Waals surface area contributed by atoms with Crippen LogP contribution in [0.5, 0.6) is 0 Å². The number of hydrogen-bond acceptors (Lipinski definition) is 1. The van der Waals surface area contributed by atoms with Crippen LogP contribution in [0.3, 0.4) is 0 Å². The minimum Gasteiger partial charge on any atom is -0.383 e. The molecule has 0 aliphatic heterocycles. The van der Waals surface area contributed by atoms with Crippen molar-refractivity contribution in [1.29, 1.82) is 0 Å². The normalized spacial score (nSPS) is 13.3. The molecule has 0 aliphatic carbocycles. The number of aliphatic hydroxyl groups is 1. The molecule has 0 saturated heterocycles. The summed E-state index contributed by atoms with van der Waals surface area (Å²) in [5.41, 5.74) is -1.52. The Hall–Kier alpha value is -1.95. The van der Waals surface area contributed by atoms with E-state index in [0.717, 1.165) is 42.5 Å². The van der Waals surface area contributed by atoms with Crippen LogP contribution in [0.25, 0.3) is 0 Å². The van der Waals surface area contributed by atoms with E-state index in [1.807, 2.05) is 0 Å². The van der Waals surface area contributed by atoms with Crippen molar-refractivity contribution >= 4 is 0 Å². The molecule has 0 aromatic heterocycles. The first kappa shape index (κ1) is 14.5. The monoisotopic (exact) mass is 288 g/mol. The minimum atomic E-state index is -4.51. The molecule has 0 radical (unpaired) electrons. The molecular formula is C14H9F5O. The molecule has 0 saturated carbocycles. The number of hydrogen-bond donors (Lipinski definition) is 1. The summed E-state index contributed by atoms with van der Waals surface area (Å²) in [5.74, 6) is -1.92.